The number of rotatable bonds is 0. The van der Waals surface area contributed by atoms with Crippen molar-refractivity contribution in [2.45, 2.75) is 25.6 Å². The van der Waals surface area contributed by atoms with Gasteiger partial charge in [-0.2, -0.15) is 0 Å². The zero-order chi connectivity index (χ0) is 8.70. The van der Waals surface area contributed by atoms with Crippen LogP contribution < -0.4 is 0 Å². The molecule has 1 aliphatic heterocycles. The molecular weight excluding hydrogens is 167 g/mol. The van der Waals surface area contributed by atoms with Crippen molar-refractivity contribution < 1.29 is 18.5 Å². The van der Waals surface area contributed by atoms with Crippen LogP contribution in [0.3, 0.4) is 0 Å². The Hall–Kier alpha value is -0.330. The van der Waals surface area contributed by atoms with E-state index in [2.05, 4.69) is 15.0 Å². The fourth-order valence-electron chi connectivity index (χ4n) is 0.858. The van der Waals surface area contributed by atoms with Crippen molar-refractivity contribution in [3.8, 4) is 12.3 Å². The standard InChI is InChI=1S/C6H9O4P/c1-4-5-6(2,3)10-11(7,8)9-5/h1,5H,2-3H3,(H,7,8). The molecular formula is C6H9O4P. The highest BCUT2D eigenvalue weighted by Gasteiger charge is 2.48. The van der Waals surface area contributed by atoms with E-state index in [1.54, 1.807) is 13.8 Å². The largest absolute Gasteiger partial charge is 0.474 e. The van der Waals surface area contributed by atoms with Gasteiger partial charge in [0.05, 0.1) is 0 Å². The van der Waals surface area contributed by atoms with Crippen LogP contribution >= 0.6 is 7.82 Å². The summed E-state index contributed by atoms with van der Waals surface area (Å²) in [5, 5.41) is 0. The average Bonchev–Trinajstić information content (AvgIpc) is 1.99. The zero-order valence-corrected chi connectivity index (χ0v) is 7.17. The summed E-state index contributed by atoms with van der Waals surface area (Å²) in [6, 6.07) is 0. The molecule has 0 amide bonds. The molecule has 0 spiro atoms. The van der Waals surface area contributed by atoms with Gasteiger partial charge in [-0.05, 0) is 13.8 Å². The van der Waals surface area contributed by atoms with Crippen LogP contribution in [0.1, 0.15) is 13.8 Å². The molecule has 0 aromatic carbocycles. The van der Waals surface area contributed by atoms with Crippen LogP contribution in [0.4, 0.5) is 0 Å². The number of hydrogen-bond acceptors (Lipinski definition) is 3. The monoisotopic (exact) mass is 176 g/mol. The third-order valence-corrected chi connectivity index (χ3v) is 2.55. The maximum atomic E-state index is 10.8. The van der Waals surface area contributed by atoms with Crippen LogP contribution in [0.25, 0.3) is 0 Å². The molecule has 11 heavy (non-hydrogen) atoms. The Bertz CT molecular complexity index is 252. The predicted octanol–water partition coefficient (Wildman–Crippen LogP) is 0.914. The van der Waals surface area contributed by atoms with Gasteiger partial charge in [-0.15, -0.1) is 6.42 Å². The van der Waals surface area contributed by atoms with Crippen molar-refractivity contribution in [3.05, 3.63) is 0 Å². The van der Waals surface area contributed by atoms with Gasteiger partial charge in [0.2, 0.25) is 0 Å². The molecule has 0 aromatic heterocycles. The second kappa shape index (κ2) is 2.33. The smallest absolute Gasteiger partial charge is 0.302 e. The minimum atomic E-state index is -3.88. The first-order valence-corrected chi connectivity index (χ1v) is 4.55. The number of terminal acetylenes is 1. The summed E-state index contributed by atoms with van der Waals surface area (Å²) in [7, 11) is -3.88. The first-order valence-electron chi connectivity index (χ1n) is 3.05. The highest BCUT2D eigenvalue weighted by atomic mass is 31.2. The van der Waals surface area contributed by atoms with E-state index in [9.17, 15) is 4.57 Å². The lowest BCUT2D eigenvalue weighted by Crippen LogP contribution is -2.31. The number of hydrogen-bond donors (Lipinski definition) is 1. The van der Waals surface area contributed by atoms with Crippen LogP contribution in [-0.4, -0.2) is 16.6 Å². The van der Waals surface area contributed by atoms with Crippen LogP contribution in [0.15, 0.2) is 0 Å². The van der Waals surface area contributed by atoms with Gasteiger partial charge in [-0.1, -0.05) is 5.92 Å². The first-order chi connectivity index (χ1) is 4.87. The van der Waals surface area contributed by atoms with E-state index in [0.29, 0.717) is 0 Å². The molecule has 5 heteroatoms. The van der Waals surface area contributed by atoms with E-state index in [4.69, 9.17) is 11.3 Å². The number of phosphoric acid groups is 1. The van der Waals surface area contributed by atoms with Crippen LogP contribution in [0.5, 0.6) is 0 Å². The van der Waals surface area contributed by atoms with Crippen LogP contribution in [-0.2, 0) is 13.6 Å². The molecule has 1 rings (SSSR count). The highest BCUT2D eigenvalue weighted by Crippen LogP contribution is 2.56. The Labute approximate surface area is 65.1 Å². The summed E-state index contributed by atoms with van der Waals surface area (Å²) < 4.78 is 20.1. The average molecular weight is 176 g/mol. The molecule has 0 bridgehead atoms. The van der Waals surface area contributed by atoms with Gasteiger partial charge in [-0.3, -0.25) is 9.05 Å². The number of phosphoric ester groups is 1. The zero-order valence-electron chi connectivity index (χ0n) is 6.27. The Morgan fingerprint density at radius 3 is 2.45 bits per heavy atom. The Balaban J connectivity index is 2.90. The Morgan fingerprint density at radius 2 is 2.27 bits per heavy atom. The van der Waals surface area contributed by atoms with Crippen molar-refractivity contribution in [2.24, 2.45) is 0 Å². The van der Waals surface area contributed by atoms with Crippen molar-refractivity contribution in [3.63, 3.8) is 0 Å². The Morgan fingerprint density at radius 1 is 1.73 bits per heavy atom. The van der Waals surface area contributed by atoms with Gasteiger partial charge in [0.25, 0.3) is 0 Å². The van der Waals surface area contributed by atoms with Crippen molar-refractivity contribution >= 4 is 7.82 Å². The third-order valence-electron chi connectivity index (χ3n) is 1.37. The Kier molecular flexibility index (Phi) is 1.85. The molecule has 2 unspecified atom stereocenters. The lowest BCUT2D eigenvalue weighted by atomic mass is 10.0. The molecule has 1 heterocycles. The second-order valence-corrected chi connectivity index (χ2v) is 4.15. The fourth-order valence-corrected chi connectivity index (χ4v) is 2.17. The summed E-state index contributed by atoms with van der Waals surface area (Å²) in [6.07, 6.45) is 4.29. The molecule has 2 atom stereocenters. The van der Waals surface area contributed by atoms with E-state index < -0.39 is 19.5 Å². The van der Waals surface area contributed by atoms with Crippen molar-refractivity contribution in [2.75, 3.05) is 0 Å². The first kappa shape index (κ1) is 8.76. The van der Waals surface area contributed by atoms with E-state index in [1.165, 1.54) is 0 Å². The molecule has 0 aliphatic carbocycles. The normalized spacial score (nSPS) is 41.8. The minimum absolute atomic E-state index is 0.752. The minimum Gasteiger partial charge on any atom is -0.302 e. The van der Waals surface area contributed by atoms with Crippen LogP contribution in [0.2, 0.25) is 0 Å². The maximum Gasteiger partial charge on any atom is 0.474 e. The molecule has 0 aromatic rings. The van der Waals surface area contributed by atoms with E-state index in [-0.39, 0.29) is 0 Å². The van der Waals surface area contributed by atoms with Crippen LogP contribution in [0, 0.1) is 12.3 Å². The van der Waals surface area contributed by atoms with E-state index in [1.807, 2.05) is 0 Å². The van der Waals surface area contributed by atoms with E-state index >= 15 is 0 Å². The predicted molar refractivity (Wildman–Crippen MR) is 38.7 cm³/mol. The SMILES string of the molecule is C#CC1OP(=O)(O)OC1(C)C. The van der Waals surface area contributed by atoms with Gasteiger partial charge >= 0.3 is 7.82 Å². The van der Waals surface area contributed by atoms with Gasteiger partial charge in [-0.25, -0.2) is 4.57 Å². The van der Waals surface area contributed by atoms with Gasteiger partial charge in [0.15, 0.2) is 6.10 Å². The molecule has 0 saturated carbocycles. The third kappa shape index (κ3) is 1.63. The lowest BCUT2D eigenvalue weighted by Gasteiger charge is -2.16. The van der Waals surface area contributed by atoms with E-state index in [0.717, 1.165) is 0 Å². The van der Waals surface area contributed by atoms with Crippen molar-refractivity contribution in [1.29, 1.82) is 0 Å². The molecule has 0 radical (unpaired) electrons. The fraction of sp³-hybridized carbons (Fsp3) is 0.667. The van der Waals surface area contributed by atoms with Gasteiger partial charge in [0.1, 0.15) is 5.60 Å². The summed E-state index contributed by atoms with van der Waals surface area (Å²) in [5.41, 5.74) is -0.876. The summed E-state index contributed by atoms with van der Waals surface area (Å²) >= 11 is 0. The highest BCUT2D eigenvalue weighted by molar-refractivity contribution is 7.47. The van der Waals surface area contributed by atoms with Gasteiger partial charge in [0, 0.05) is 0 Å². The molecule has 1 saturated heterocycles. The molecule has 4 nitrogen and oxygen atoms in total. The molecule has 62 valence electrons. The summed E-state index contributed by atoms with van der Waals surface area (Å²) in [4.78, 5) is 8.85. The maximum absolute atomic E-state index is 10.8. The topological polar surface area (TPSA) is 55.8 Å². The molecule has 1 fully saturated rings. The second-order valence-electron chi connectivity index (χ2n) is 2.82. The lowest BCUT2D eigenvalue weighted by molar-refractivity contribution is 0.102. The quantitative estimate of drug-likeness (QED) is 0.440. The van der Waals surface area contributed by atoms with Crippen molar-refractivity contribution in [1.82, 2.24) is 0 Å². The van der Waals surface area contributed by atoms with Gasteiger partial charge < -0.3 is 4.89 Å². The summed E-state index contributed by atoms with van der Waals surface area (Å²) in [5.74, 6) is 2.23. The molecule has 1 aliphatic rings. The summed E-state index contributed by atoms with van der Waals surface area (Å²) in [6.45, 7) is 3.21. The molecule has 1 N–H and O–H groups in total.